The summed E-state index contributed by atoms with van der Waals surface area (Å²) in [6.07, 6.45) is 1.98. The normalized spacial score (nSPS) is 13.5. The lowest BCUT2D eigenvalue weighted by atomic mass is 9.99. The summed E-state index contributed by atoms with van der Waals surface area (Å²) >= 11 is 5.48. The van der Waals surface area contributed by atoms with Gasteiger partial charge in [-0.2, -0.15) is 0 Å². The zero-order valence-electron chi connectivity index (χ0n) is 19.9. The first-order valence-corrected chi connectivity index (χ1v) is 11.7. The first-order chi connectivity index (χ1) is 16.8. The van der Waals surface area contributed by atoms with Crippen LogP contribution in [0.5, 0.6) is 17.2 Å². The topological polar surface area (TPSA) is 63.8 Å². The number of thiocarbonyl (C=S) groups is 1. The Kier molecular flexibility index (Phi) is 7.41. The van der Waals surface area contributed by atoms with Crippen molar-refractivity contribution < 1.29 is 18.6 Å². The highest BCUT2D eigenvalue weighted by molar-refractivity contribution is 7.80. The lowest BCUT2D eigenvalue weighted by molar-refractivity contribution is 0.157. The van der Waals surface area contributed by atoms with Gasteiger partial charge < -0.3 is 19.5 Å². The largest absolute Gasteiger partial charge is 0.492 e. The Morgan fingerprint density at radius 2 is 1.80 bits per heavy atom. The average Bonchev–Trinajstić information content (AvgIpc) is 2.83. The quantitative estimate of drug-likeness (QED) is 0.271. The zero-order valence-corrected chi connectivity index (χ0v) is 20.7. The number of ether oxygens (including phenoxy) is 3. The Morgan fingerprint density at radius 3 is 2.57 bits per heavy atom. The van der Waals surface area contributed by atoms with Crippen molar-refractivity contribution in [2.75, 3.05) is 11.9 Å². The van der Waals surface area contributed by atoms with E-state index in [2.05, 4.69) is 16.2 Å². The Labute approximate surface area is 210 Å². The highest BCUT2D eigenvalue weighted by Crippen LogP contribution is 2.37. The van der Waals surface area contributed by atoms with Crippen LogP contribution in [0, 0.1) is 5.82 Å². The van der Waals surface area contributed by atoms with Crippen molar-refractivity contribution >= 4 is 28.7 Å². The van der Waals surface area contributed by atoms with Crippen LogP contribution in [0.1, 0.15) is 31.9 Å². The Hall–Kier alpha value is -3.78. The third-order valence-corrected chi connectivity index (χ3v) is 5.37. The lowest BCUT2D eigenvalue weighted by Crippen LogP contribution is -2.41. The number of halogens is 1. The van der Waals surface area contributed by atoms with Crippen LogP contribution in [-0.2, 0) is 6.61 Å². The molecule has 182 valence electrons. The Bertz CT molecular complexity index is 1230. The molecule has 35 heavy (non-hydrogen) atoms. The van der Waals surface area contributed by atoms with Crippen molar-refractivity contribution in [2.45, 2.75) is 33.0 Å². The second kappa shape index (κ2) is 10.7. The van der Waals surface area contributed by atoms with Crippen LogP contribution in [0.15, 0.2) is 72.8 Å². The predicted octanol–water partition coefficient (Wildman–Crippen LogP) is 5.81. The number of nitrogens with one attached hydrogen (secondary N) is 3. The van der Waals surface area contributed by atoms with Gasteiger partial charge in [0.15, 0.2) is 5.11 Å². The van der Waals surface area contributed by atoms with Gasteiger partial charge in [-0.05, 0) is 87.1 Å². The maximum atomic E-state index is 13.2. The first kappa shape index (κ1) is 24.3. The fraction of sp³-hybridized carbons (Fsp3) is 0.222. The number of benzene rings is 3. The van der Waals surface area contributed by atoms with Crippen molar-refractivity contribution in [1.29, 1.82) is 0 Å². The van der Waals surface area contributed by atoms with Crippen LogP contribution >= 0.6 is 12.2 Å². The van der Waals surface area contributed by atoms with Crippen LogP contribution in [-0.4, -0.2) is 17.3 Å². The number of fused-ring (bicyclic) bond motifs is 1. The van der Waals surface area contributed by atoms with Crippen LogP contribution in [0.25, 0.3) is 5.70 Å². The van der Waals surface area contributed by atoms with E-state index in [1.807, 2.05) is 69.3 Å². The third kappa shape index (κ3) is 6.42. The molecule has 0 aliphatic carbocycles. The first-order valence-electron chi connectivity index (χ1n) is 11.3. The van der Waals surface area contributed by atoms with Crippen molar-refractivity contribution in [2.24, 2.45) is 0 Å². The number of anilines is 1. The van der Waals surface area contributed by atoms with E-state index in [-0.39, 0.29) is 5.82 Å². The van der Waals surface area contributed by atoms with E-state index in [0.717, 1.165) is 34.0 Å². The Morgan fingerprint density at radius 1 is 1.03 bits per heavy atom. The average molecular weight is 494 g/mol. The number of hydrogen-bond donors (Lipinski definition) is 3. The van der Waals surface area contributed by atoms with Crippen LogP contribution in [0.2, 0.25) is 0 Å². The molecule has 1 aliphatic heterocycles. The summed E-state index contributed by atoms with van der Waals surface area (Å²) < 4.78 is 30.9. The fourth-order valence-electron chi connectivity index (χ4n) is 3.62. The molecule has 6 nitrogen and oxygen atoms in total. The summed E-state index contributed by atoms with van der Waals surface area (Å²) in [6, 6.07) is 19.5. The molecule has 0 spiro atoms. The summed E-state index contributed by atoms with van der Waals surface area (Å²) in [5.41, 5.74) is 8.99. The second-order valence-electron chi connectivity index (χ2n) is 8.47. The SMILES string of the molecule is CCOc1ccccc1NC(=S)NNC1=CC(C)(C)Oc2ccc(OCc3ccc(F)cc3)cc21. The van der Waals surface area contributed by atoms with E-state index in [9.17, 15) is 4.39 Å². The molecule has 0 atom stereocenters. The van der Waals surface area contributed by atoms with Gasteiger partial charge in [0.05, 0.1) is 18.0 Å². The summed E-state index contributed by atoms with van der Waals surface area (Å²) in [4.78, 5) is 0. The monoisotopic (exact) mass is 493 g/mol. The number of rotatable bonds is 8. The molecule has 3 N–H and O–H groups in total. The summed E-state index contributed by atoms with van der Waals surface area (Å²) in [5.74, 6) is 1.83. The Balaban J connectivity index is 1.45. The van der Waals surface area contributed by atoms with E-state index < -0.39 is 5.60 Å². The molecule has 3 aromatic rings. The molecular weight excluding hydrogens is 465 g/mol. The molecule has 0 saturated heterocycles. The molecule has 0 radical (unpaired) electrons. The van der Waals surface area contributed by atoms with E-state index in [1.54, 1.807) is 12.1 Å². The predicted molar refractivity (Wildman–Crippen MR) is 140 cm³/mol. The van der Waals surface area contributed by atoms with Crippen LogP contribution in [0.4, 0.5) is 10.1 Å². The molecule has 4 rings (SSSR count). The fourth-order valence-corrected chi connectivity index (χ4v) is 3.78. The maximum Gasteiger partial charge on any atom is 0.189 e. The van der Waals surface area contributed by atoms with Gasteiger partial charge in [0, 0.05) is 5.56 Å². The van der Waals surface area contributed by atoms with Gasteiger partial charge in [-0.15, -0.1) is 0 Å². The zero-order chi connectivity index (χ0) is 24.8. The molecule has 0 fully saturated rings. The number of hydrogen-bond acceptors (Lipinski definition) is 5. The van der Waals surface area contributed by atoms with Gasteiger partial charge >= 0.3 is 0 Å². The van der Waals surface area contributed by atoms with Gasteiger partial charge in [0.25, 0.3) is 0 Å². The molecule has 0 amide bonds. The van der Waals surface area contributed by atoms with E-state index >= 15 is 0 Å². The van der Waals surface area contributed by atoms with Crippen LogP contribution in [0.3, 0.4) is 0 Å². The maximum absolute atomic E-state index is 13.2. The summed E-state index contributed by atoms with van der Waals surface area (Å²) in [7, 11) is 0. The van der Waals surface area contributed by atoms with Crippen molar-refractivity contribution in [3.05, 3.63) is 89.8 Å². The molecule has 0 bridgehead atoms. The number of hydrazine groups is 1. The van der Waals surface area contributed by atoms with Gasteiger partial charge in [-0.3, -0.25) is 10.9 Å². The van der Waals surface area contributed by atoms with Gasteiger partial charge in [0.2, 0.25) is 0 Å². The second-order valence-corrected chi connectivity index (χ2v) is 8.88. The van der Waals surface area contributed by atoms with Gasteiger partial charge in [-0.1, -0.05) is 24.3 Å². The summed E-state index contributed by atoms with van der Waals surface area (Å²) in [5, 5.41) is 3.54. The highest BCUT2D eigenvalue weighted by Gasteiger charge is 2.27. The molecule has 1 aliphatic rings. The van der Waals surface area contributed by atoms with Gasteiger partial charge in [-0.25, -0.2) is 4.39 Å². The molecule has 1 heterocycles. The van der Waals surface area contributed by atoms with Crippen molar-refractivity contribution in [3.63, 3.8) is 0 Å². The molecule has 0 unspecified atom stereocenters. The van der Waals surface area contributed by atoms with E-state index in [1.165, 1.54) is 12.1 Å². The minimum absolute atomic E-state index is 0.274. The van der Waals surface area contributed by atoms with Gasteiger partial charge in [0.1, 0.15) is 35.3 Å². The van der Waals surface area contributed by atoms with Crippen LogP contribution < -0.4 is 30.4 Å². The smallest absolute Gasteiger partial charge is 0.189 e. The summed E-state index contributed by atoms with van der Waals surface area (Å²) in [6.45, 7) is 6.77. The standard InChI is InChI=1S/C27H28FN3O3S/c1-4-32-25-8-6-5-7-22(25)29-26(35)31-30-23-16-27(2,3)34-24-14-13-20(15-21(23)24)33-17-18-9-11-19(28)12-10-18/h5-16,30H,4,17H2,1-3H3,(H2,29,31,35). The third-order valence-electron chi connectivity index (χ3n) is 5.17. The minimum Gasteiger partial charge on any atom is -0.492 e. The molecule has 0 saturated carbocycles. The lowest BCUT2D eigenvalue weighted by Gasteiger charge is -2.32. The van der Waals surface area contributed by atoms with Crippen molar-refractivity contribution in [3.8, 4) is 17.2 Å². The molecule has 3 aromatic carbocycles. The van der Waals surface area contributed by atoms with E-state index in [0.29, 0.717) is 24.1 Å². The minimum atomic E-state index is -0.524. The molecule has 8 heteroatoms. The molecule has 0 aromatic heterocycles. The van der Waals surface area contributed by atoms with Crippen molar-refractivity contribution in [1.82, 2.24) is 10.9 Å². The number of para-hydroxylation sites is 2. The highest BCUT2D eigenvalue weighted by atomic mass is 32.1. The molecular formula is C27H28FN3O3S. The van der Waals surface area contributed by atoms with E-state index in [4.69, 9.17) is 26.4 Å².